The number of carbonyl (C=O) groups is 1. The van der Waals surface area contributed by atoms with Gasteiger partial charge in [0, 0.05) is 50.0 Å². The first-order valence-corrected chi connectivity index (χ1v) is 12.1. The lowest BCUT2D eigenvalue weighted by molar-refractivity contribution is -0.192. The van der Waals surface area contributed by atoms with E-state index in [1.54, 1.807) is 29.3 Å². The van der Waals surface area contributed by atoms with Crippen LogP contribution >= 0.6 is 0 Å². The first kappa shape index (κ1) is 27.5. The Hall–Kier alpha value is -4.57. The van der Waals surface area contributed by atoms with Crippen LogP contribution in [0.3, 0.4) is 0 Å². The number of piperazine rings is 1. The Morgan fingerprint density at radius 2 is 1.74 bits per heavy atom. The highest BCUT2D eigenvalue weighted by atomic mass is 19.4. The Bertz CT molecular complexity index is 1490. The van der Waals surface area contributed by atoms with E-state index in [0.717, 1.165) is 49.6 Å². The van der Waals surface area contributed by atoms with E-state index in [1.165, 1.54) is 6.42 Å². The number of aliphatic carboxylic acids is 1. The summed E-state index contributed by atoms with van der Waals surface area (Å²) in [4.78, 5) is 31.8. The Labute approximate surface area is 222 Å². The van der Waals surface area contributed by atoms with Gasteiger partial charge in [-0.3, -0.25) is 4.90 Å². The van der Waals surface area contributed by atoms with E-state index in [4.69, 9.17) is 14.9 Å². The Kier molecular flexibility index (Phi) is 8.67. The van der Waals surface area contributed by atoms with E-state index >= 15 is 0 Å². The second kappa shape index (κ2) is 12.3. The number of hydrogen-bond acceptors (Lipinski definition) is 8. The molecule has 0 spiro atoms. The fourth-order valence-corrected chi connectivity index (χ4v) is 3.84. The minimum Gasteiger partial charge on any atom is -0.475 e. The van der Waals surface area contributed by atoms with Crippen LogP contribution in [-0.2, 0) is 4.79 Å². The van der Waals surface area contributed by atoms with Crippen LogP contribution in [0.2, 0.25) is 0 Å². The summed E-state index contributed by atoms with van der Waals surface area (Å²) >= 11 is 0. The number of nitrogens with zero attached hydrogens (tertiary/aromatic N) is 8. The average molecular weight is 539 g/mol. The molecule has 0 bridgehead atoms. The molecule has 4 aromatic rings. The number of carboxylic acid groups (broad SMARTS) is 1. The number of para-hydroxylation sites is 1. The predicted molar refractivity (Wildman–Crippen MR) is 138 cm³/mol. The number of aromatic nitrogens is 6. The lowest BCUT2D eigenvalue weighted by Crippen LogP contribution is -2.47. The third-order valence-corrected chi connectivity index (χ3v) is 5.73. The molecule has 0 atom stereocenters. The molecule has 1 fully saturated rings. The molecule has 1 N–H and O–H groups in total. The van der Waals surface area contributed by atoms with E-state index in [-0.39, 0.29) is 0 Å². The van der Waals surface area contributed by atoms with Crippen molar-refractivity contribution >= 4 is 22.8 Å². The molecule has 1 aliphatic heterocycles. The van der Waals surface area contributed by atoms with Crippen molar-refractivity contribution in [2.24, 2.45) is 0 Å². The van der Waals surface area contributed by atoms with Gasteiger partial charge in [0.25, 0.3) is 0 Å². The van der Waals surface area contributed by atoms with E-state index in [1.807, 2.05) is 30.3 Å². The lowest BCUT2D eigenvalue weighted by atomic mass is 10.3. The normalized spacial score (nSPS) is 13.8. The molecule has 202 valence electrons. The van der Waals surface area contributed by atoms with Gasteiger partial charge in [-0.05, 0) is 37.1 Å². The Morgan fingerprint density at radius 1 is 1.03 bits per heavy atom. The van der Waals surface area contributed by atoms with Crippen molar-refractivity contribution in [3.63, 3.8) is 0 Å². The summed E-state index contributed by atoms with van der Waals surface area (Å²) in [5.41, 5.74) is 2.27. The summed E-state index contributed by atoms with van der Waals surface area (Å²) in [6, 6.07) is 14.7. The predicted octanol–water partition coefficient (Wildman–Crippen LogP) is 3.31. The minimum atomic E-state index is -5.08. The third kappa shape index (κ3) is 7.26. The summed E-state index contributed by atoms with van der Waals surface area (Å²) in [5, 5.41) is 12.5. The molecule has 0 aliphatic carbocycles. The standard InChI is InChI=1S/C24H24N8.C2HF3O2/c1-2-12-30-14-16-31(17-15-30)24-26-11-8-21(29-24)23-25-10-7-20(28-23)9-13-32-22-6-4-3-5-19(22)18-27-32;3-2(4,5)1(6)7/h3-8,10-11,18H,2,12,14-17H2,1H3;(H,6,7). The number of anilines is 1. The van der Waals surface area contributed by atoms with Gasteiger partial charge in [-0.1, -0.05) is 25.1 Å². The SMILES string of the molecule is CCCN1CCN(c2nccc(-c3nccc(C#Cn4ncc5ccccc54)n3)n2)CC1.O=C(O)C(F)(F)F. The molecule has 10 nitrogen and oxygen atoms in total. The number of benzene rings is 1. The maximum atomic E-state index is 10.6. The van der Waals surface area contributed by atoms with Gasteiger partial charge in [0.05, 0.1) is 11.7 Å². The fraction of sp³-hybridized carbons (Fsp3) is 0.308. The van der Waals surface area contributed by atoms with Gasteiger partial charge >= 0.3 is 12.1 Å². The highest BCUT2D eigenvalue weighted by molar-refractivity contribution is 5.79. The molecule has 0 unspecified atom stereocenters. The zero-order valence-corrected chi connectivity index (χ0v) is 21.0. The van der Waals surface area contributed by atoms with E-state index in [2.05, 4.69) is 48.7 Å². The highest BCUT2D eigenvalue weighted by Crippen LogP contribution is 2.17. The van der Waals surface area contributed by atoms with Crippen LogP contribution in [0.4, 0.5) is 19.1 Å². The van der Waals surface area contributed by atoms with Crippen LogP contribution in [-0.4, -0.2) is 84.6 Å². The van der Waals surface area contributed by atoms with E-state index < -0.39 is 12.1 Å². The summed E-state index contributed by atoms with van der Waals surface area (Å²) in [7, 11) is 0. The lowest BCUT2D eigenvalue weighted by Gasteiger charge is -2.34. The monoisotopic (exact) mass is 538 g/mol. The number of halogens is 3. The average Bonchev–Trinajstić information content (AvgIpc) is 3.36. The van der Waals surface area contributed by atoms with Crippen LogP contribution in [0.5, 0.6) is 0 Å². The molecular weight excluding hydrogens is 513 g/mol. The molecule has 1 aromatic carbocycles. The first-order chi connectivity index (χ1) is 18.7. The summed E-state index contributed by atoms with van der Waals surface area (Å²) < 4.78 is 33.4. The minimum absolute atomic E-state index is 0.537. The smallest absolute Gasteiger partial charge is 0.475 e. The molecule has 13 heteroatoms. The van der Waals surface area contributed by atoms with Crippen molar-refractivity contribution in [1.29, 1.82) is 0 Å². The molecule has 0 saturated carbocycles. The summed E-state index contributed by atoms with van der Waals surface area (Å²) in [5.74, 6) is 1.59. The molecule has 4 heterocycles. The van der Waals surface area contributed by atoms with Gasteiger partial charge in [0.1, 0.15) is 11.4 Å². The van der Waals surface area contributed by atoms with Crippen molar-refractivity contribution in [3.8, 4) is 23.5 Å². The number of hydrogen-bond donors (Lipinski definition) is 1. The van der Waals surface area contributed by atoms with Crippen molar-refractivity contribution in [2.75, 3.05) is 37.6 Å². The maximum Gasteiger partial charge on any atom is 0.490 e. The zero-order chi connectivity index (χ0) is 27.8. The van der Waals surface area contributed by atoms with Crippen molar-refractivity contribution in [3.05, 3.63) is 60.7 Å². The topological polar surface area (TPSA) is 113 Å². The summed E-state index contributed by atoms with van der Waals surface area (Å²) in [6.45, 7) is 7.27. The second-order valence-electron chi connectivity index (χ2n) is 8.49. The van der Waals surface area contributed by atoms with Crippen LogP contribution in [0.25, 0.3) is 22.4 Å². The van der Waals surface area contributed by atoms with Gasteiger partial charge in [-0.2, -0.15) is 23.0 Å². The van der Waals surface area contributed by atoms with E-state index in [0.29, 0.717) is 17.2 Å². The molecule has 5 rings (SSSR count). The largest absolute Gasteiger partial charge is 0.490 e. The van der Waals surface area contributed by atoms with Crippen LogP contribution in [0.15, 0.2) is 55.0 Å². The Morgan fingerprint density at radius 3 is 2.46 bits per heavy atom. The second-order valence-corrected chi connectivity index (χ2v) is 8.49. The first-order valence-electron chi connectivity index (χ1n) is 12.1. The van der Waals surface area contributed by atoms with Crippen LogP contribution in [0.1, 0.15) is 19.0 Å². The highest BCUT2D eigenvalue weighted by Gasteiger charge is 2.38. The van der Waals surface area contributed by atoms with Gasteiger partial charge in [0.2, 0.25) is 5.95 Å². The fourth-order valence-electron chi connectivity index (χ4n) is 3.84. The zero-order valence-electron chi connectivity index (χ0n) is 21.0. The van der Waals surface area contributed by atoms with Crippen LogP contribution in [0, 0.1) is 12.0 Å². The molecular formula is C26H25F3N8O2. The molecule has 3 aromatic heterocycles. The number of alkyl halides is 3. The number of carboxylic acids is 1. The quantitative estimate of drug-likeness (QED) is 0.391. The van der Waals surface area contributed by atoms with Gasteiger partial charge in [0.15, 0.2) is 5.82 Å². The van der Waals surface area contributed by atoms with Crippen molar-refractivity contribution < 1.29 is 23.1 Å². The molecule has 0 radical (unpaired) electrons. The number of rotatable bonds is 4. The molecule has 1 aliphatic rings. The molecule has 1 saturated heterocycles. The van der Waals surface area contributed by atoms with Crippen molar-refractivity contribution in [1.82, 2.24) is 34.6 Å². The third-order valence-electron chi connectivity index (χ3n) is 5.73. The van der Waals surface area contributed by atoms with Gasteiger partial charge < -0.3 is 10.0 Å². The summed E-state index contributed by atoms with van der Waals surface area (Å²) in [6.07, 6.45) is 1.38. The van der Waals surface area contributed by atoms with Gasteiger partial charge in [-0.25, -0.2) is 24.7 Å². The van der Waals surface area contributed by atoms with Crippen LogP contribution < -0.4 is 4.90 Å². The maximum absolute atomic E-state index is 10.6. The number of fused-ring (bicyclic) bond motifs is 1. The molecule has 39 heavy (non-hydrogen) atoms. The van der Waals surface area contributed by atoms with Crippen molar-refractivity contribution in [2.45, 2.75) is 19.5 Å². The van der Waals surface area contributed by atoms with Gasteiger partial charge in [-0.15, -0.1) is 0 Å². The van der Waals surface area contributed by atoms with E-state index in [9.17, 15) is 13.2 Å². The molecule has 0 amide bonds. The Balaban J connectivity index is 0.000000448.